The van der Waals surface area contributed by atoms with Gasteiger partial charge in [0.1, 0.15) is 5.82 Å². The van der Waals surface area contributed by atoms with Crippen molar-refractivity contribution in [2.45, 2.75) is 38.1 Å². The lowest BCUT2D eigenvalue weighted by Crippen LogP contribution is -2.55. The highest BCUT2D eigenvalue weighted by Gasteiger charge is 2.39. The van der Waals surface area contributed by atoms with E-state index in [4.69, 9.17) is 4.98 Å². The van der Waals surface area contributed by atoms with E-state index < -0.39 is 11.7 Å². The zero-order valence-corrected chi connectivity index (χ0v) is 17.6. The van der Waals surface area contributed by atoms with Crippen LogP contribution in [0.4, 0.5) is 13.2 Å². The molecule has 8 heteroatoms. The van der Waals surface area contributed by atoms with E-state index in [2.05, 4.69) is 10.2 Å². The Hall–Kier alpha value is -2.71. The van der Waals surface area contributed by atoms with Crippen LogP contribution in [-0.2, 0) is 24.1 Å². The molecule has 2 aromatic carbocycles. The van der Waals surface area contributed by atoms with Crippen LogP contribution < -0.4 is 5.32 Å². The highest BCUT2D eigenvalue weighted by molar-refractivity contribution is 5.88. The molecular formula is C24H25F3N4O. The molecule has 1 unspecified atom stereocenters. The molecular weight excluding hydrogens is 417 g/mol. The number of carbonyl (C=O) groups excluding carboxylic acids is 1. The van der Waals surface area contributed by atoms with Crippen molar-refractivity contribution in [2.24, 2.45) is 5.92 Å². The van der Waals surface area contributed by atoms with E-state index >= 15 is 0 Å². The summed E-state index contributed by atoms with van der Waals surface area (Å²) in [6.45, 7) is 2.57. The SMILES string of the molecule is O=C(C1CC1)C1CNCCN1Cc1nc2ccccc2n1Cc1ccccc1C(F)(F)F. The van der Waals surface area contributed by atoms with Gasteiger partial charge in [0.05, 0.1) is 29.2 Å². The maximum absolute atomic E-state index is 13.6. The summed E-state index contributed by atoms with van der Waals surface area (Å²) in [5.41, 5.74) is 1.11. The van der Waals surface area contributed by atoms with Gasteiger partial charge < -0.3 is 9.88 Å². The van der Waals surface area contributed by atoms with Crippen molar-refractivity contribution in [2.75, 3.05) is 19.6 Å². The van der Waals surface area contributed by atoms with Gasteiger partial charge in [-0.1, -0.05) is 30.3 Å². The van der Waals surface area contributed by atoms with E-state index in [1.807, 2.05) is 28.8 Å². The molecule has 3 aromatic rings. The maximum Gasteiger partial charge on any atom is 0.416 e. The highest BCUT2D eigenvalue weighted by Crippen LogP contribution is 2.34. The van der Waals surface area contributed by atoms with Crippen molar-refractivity contribution in [3.8, 4) is 0 Å². The fraction of sp³-hybridized carbons (Fsp3) is 0.417. The van der Waals surface area contributed by atoms with Crippen LogP contribution in [0.25, 0.3) is 11.0 Å². The van der Waals surface area contributed by atoms with Gasteiger partial charge in [-0.05, 0) is 36.6 Å². The Labute approximate surface area is 184 Å². The standard InChI is InChI=1S/C24H25F3N4O/c25-24(26,27)18-6-2-1-5-17(18)14-31-20-8-4-3-7-19(20)29-22(31)15-30-12-11-28-13-21(30)23(32)16-9-10-16/h1-8,16,21,28H,9-15H2. The third-order valence-electron chi connectivity index (χ3n) is 6.39. The molecule has 168 valence electrons. The first-order valence-corrected chi connectivity index (χ1v) is 11.0. The van der Waals surface area contributed by atoms with Crippen LogP contribution in [0.5, 0.6) is 0 Å². The van der Waals surface area contributed by atoms with E-state index in [1.54, 1.807) is 6.07 Å². The zero-order valence-electron chi connectivity index (χ0n) is 17.6. The molecule has 0 radical (unpaired) electrons. The quantitative estimate of drug-likeness (QED) is 0.630. The number of halogens is 3. The van der Waals surface area contributed by atoms with Gasteiger partial charge in [0.25, 0.3) is 0 Å². The molecule has 1 atom stereocenters. The molecule has 1 aromatic heterocycles. The Kier molecular flexibility index (Phi) is 5.51. The van der Waals surface area contributed by atoms with Crippen molar-refractivity contribution in [3.63, 3.8) is 0 Å². The molecule has 5 rings (SSSR count). The number of piperazine rings is 1. The Balaban J connectivity index is 1.51. The van der Waals surface area contributed by atoms with E-state index in [0.717, 1.165) is 36.5 Å². The van der Waals surface area contributed by atoms with Crippen LogP contribution in [0.2, 0.25) is 0 Å². The number of rotatable bonds is 6. The van der Waals surface area contributed by atoms with Crippen molar-refractivity contribution in [3.05, 3.63) is 65.5 Å². The van der Waals surface area contributed by atoms with Crippen molar-refractivity contribution in [1.82, 2.24) is 19.8 Å². The van der Waals surface area contributed by atoms with Gasteiger partial charge in [-0.3, -0.25) is 9.69 Å². The molecule has 2 heterocycles. The van der Waals surface area contributed by atoms with Crippen molar-refractivity contribution >= 4 is 16.8 Å². The lowest BCUT2D eigenvalue weighted by Gasteiger charge is -2.35. The Morgan fingerprint density at radius 3 is 2.59 bits per heavy atom. The smallest absolute Gasteiger partial charge is 0.322 e. The first-order valence-electron chi connectivity index (χ1n) is 11.0. The summed E-state index contributed by atoms with van der Waals surface area (Å²) >= 11 is 0. The molecule has 5 nitrogen and oxygen atoms in total. The monoisotopic (exact) mass is 442 g/mol. The average Bonchev–Trinajstić information content (AvgIpc) is 3.58. The average molecular weight is 442 g/mol. The fourth-order valence-electron chi connectivity index (χ4n) is 4.57. The number of Topliss-reactive ketones (excluding diaryl/α,β-unsaturated/α-hetero) is 1. The summed E-state index contributed by atoms with van der Waals surface area (Å²) in [7, 11) is 0. The minimum absolute atomic E-state index is 0.0683. The molecule has 1 saturated carbocycles. The molecule has 2 fully saturated rings. The lowest BCUT2D eigenvalue weighted by molar-refractivity contribution is -0.138. The normalized spacial score (nSPS) is 20.0. The van der Waals surface area contributed by atoms with Gasteiger partial charge in [-0.15, -0.1) is 0 Å². The Morgan fingerprint density at radius 2 is 1.81 bits per heavy atom. The second kappa shape index (κ2) is 8.33. The first-order chi connectivity index (χ1) is 15.4. The summed E-state index contributed by atoms with van der Waals surface area (Å²) in [5, 5.41) is 3.30. The molecule has 2 aliphatic rings. The third kappa shape index (κ3) is 4.17. The summed E-state index contributed by atoms with van der Waals surface area (Å²) < 4.78 is 42.7. The number of hydrogen-bond acceptors (Lipinski definition) is 4. The number of fused-ring (bicyclic) bond motifs is 1. The number of alkyl halides is 3. The summed E-state index contributed by atoms with van der Waals surface area (Å²) in [6, 6.07) is 13.0. The second-order valence-electron chi connectivity index (χ2n) is 8.62. The van der Waals surface area contributed by atoms with Crippen LogP contribution in [0.1, 0.15) is 29.8 Å². The zero-order chi connectivity index (χ0) is 22.3. The minimum Gasteiger partial charge on any atom is -0.322 e. The third-order valence-corrected chi connectivity index (χ3v) is 6.39. The molecule has 1 aliphatic heterocycles. The molecule has 1 N–H and O–H groups in total. The number of benzene rings is 2. The number of nitrogens with zero attached hydrogens (tertiary/aromatic N) is 3. The van der Waals surface area contributed by atoms with Gasteiger partial charge in [0, 0.05) is 32.1 Å². The van der Waals surface area contributed by atoms with Gasteiger partial charge in [-0.2, -0.15) is 13.2 Å². The number of carbonyl (C=O) groups is 1. The Bertz CT molecular complexity index is 1140. The van der Waals surface area contributed by atoms with Crippen LogP contribution in [-0.4, -0.2) is 45.9 Å². The van der Waals surface area contributed by atoms with Crippen molar-refractivity contribution < 1.29 is 18.0 Å². The first kappa shape index (κ1) is 21.2. The van der Waals surface area contributed by atoms with Crippen LogP contribution in [0.3, 0.4) is 0 Å². The van der Waals surface area contributed by atoms with Gasteiger partial charge in [0.2, 0.25) is 0 Å². The fourth-order valence-corrected chi connectivity index (χ4v) is 4.57. The molecule has 32 heavy (non-hydrogen) atoms. The van der Waals surface area contributed by atoms with E-state index in [-0.39, 0.29) is 29.9 Å². The number of nitrogens with one attached hydrogen (secondary N) is 1. The van der Waals surface area contributed by atoms with E-state index in [9.17, 15) is 18.0 Å². The van der Waals surface area contributed by atoms with Crippen LogP contribution >= 0.6 is 0 Å². The van der Waals surface area contributed by atoms with E-state index in [0.29, 0.717) is 25.5 Å². The number of hydrogen-bond donors (Lipinski definition) is 1. The summed E-state index contributed by atoms with van der Waals surface area (Å²) in [5.74, 6) is 1.10. The lowest BCUT2D eigenvalue weighted by atomic mass is 10.0. The molecule has 0 spiro atoms. The molecule has 0 amide bonds. The maximum atomic E-state index is 13.6. The topological polar surface area (TPSA) is 50.2 Å². The predicted molar refractivity (Wildman–Crippen MR) is 115 cm³/mol. The second-order valence-corrected chi connectivity index (χ2v) is 8.62. The molecule has 1 aliphatic carbocycles. The highest BCUT2D eigenvalue weighted by atomic mass is 19.4. The molecule has 1 saturated heterocycles. The van der Waals surface area contributed by atoms with Crippen LogP contribution in [0, 0.1) is 5.92 Å². The van der Waals surface area contributed by atoms with Crippen LogP contribution in [0.15, 0.2) is 48.5 Å². The van der Waals surface area contributed by atoms with E-state index in [1.165, 1.54) is 12.1 Å². The molecule has 0 bridgehead atoms. The minimum atomic E-state index is -4.42. The van der Waals surface area contributed by atoms with Gasteiger partial charge in [-0.25, -0.2) is 4.98 Å². The number of ketones is 1. The summed E-state index contributed by atoms with van der Waals surface area (Å²) in [6.07, 6.45) is -2.51. The summed E-state index contributed by atoms with van der Waals surface area (Å²) in [4.78, 5) is 19.7. The largest absolute Gasteiger partial charge is 0.416 e. The number of imidazole rings is 1. The Morgan fingerprint density at radius 1 is 1.06 bits per heavy atom. The van der Waals surface area contributed by atoms with Gasteiger partial charge >= 0.3 is 6.18 Å². The van der Waals surface area contributed by atoms with Crippen molar-refractivity contribution in [1.29, 1.82) is 0 Å². The predicted octanol–water partition coefficient (Wildman–Crippen LogP) is 3.86. The number of aromatic nitrogens is 2. The van der Waals surface area contributed by atoms with Gasteiger partial charge in [0.15, 0.2) is 5.78 Å². The number of para-hydroxylation sites is 2.